The van der Waals surface area contributed by atoms with Crippen molar-refractivity contribution in [3.05, 3.63) is 23.9 Å². The van der Waals surface area contributed by atoms with Crippen LogP contribution in [0.2, 0.25) is 0 Å². The fourth-order valence-corrected chi connectivity index (χ4v) is 2.62. The second kappa shape index (κ2) is 8.58. The Balaban J connectivity index is 1.82. The molecule has 22 heavy (non-hydrogen) atoms. The van der Waals surface area contributed by atoms with Crippen LogP contribution in [0.25, 0.3) is 0 Å². The zero-order valence-electron chi connectivity index (χ0n) is 13.7. The number of methoxy groups -OCH3 is 1. The number of ether oxygens (including phenoxy) is 2. The average Bonchev–Trinajstić information content (AvgIpc) is 2.57. The highest BCUT2D eigenvalue weighted by molar-refractivity contribution is 5.79. The first kappa shape index (κ1) is 16.5. The lowest BCUT2D eigenvalue weighted by Gasteiger charge is -2.34. The van der Waals surface area contributed by atoms with Gasteiger partial charge in [0.1, 0.15) is 0 Å². The predicted molar refractivity (Wildman–Crippen MR) is 87.2 cm³/mol. The van der Waals surface area contributed by atoms with Crippen LogP contribution in [-0.2, 0) is 11.3 Å². The lowest BCUT2D eigenvalue weighted by atomic mass is 10.1. The molecular formula is C16H26N4O2. The van der Waals surface area contributed by atoms with Crippen LogP contribution in [0.3, 0.4) is 0 Å². The van der Waals surface area contributed by atoms with Gasteiger partial charge in [0, 0.05) is 45.6 Å². The van der Waals surface area contributed by atoms with E-state index in [0.717, 1.165) is 44.1 Å². The molecule has 2 heterocycles. The quantitative estimate of drug-likeness (QED) is 0.662. The lowest BCUT2D eigenvalue weighted by molar-refractivity contribution is 0.0263. The Morgan fingerprint density at radius 1 is 1.41 bits per heavy atom. The van der Waals surface area contributed by atoms with Gasteiger partial charge in [0.2, 0.25) is 5.88 Å². The van der Waals surface area contributed by atoms with Gasteiger partial charge in [-0.1, -0.05) is 6.07 Å². The van der Waals surface area contributed by atoms with Crippen molar-refractivity contribution in [3.8, 4) is 5.88 Å². The first-order valence-corrected chi connectivity index (χ1v) is 7.83. The normalized spacial score (nSPS) is 16.7. The Hall–Kier alpha value is -1.82. The Bertz CT molecular complexity index is 468. The van der Waals surface area contributed by atoms with Crippen molar-refractivity contribution in [2.45, 2.75) is 32.4 Å². The second-order valence-corrected chi connectivity index (χ2v) is 5.25. The summed E-state index contributed by atoms with van der Waals surface area (Å²) in [6.07, 6.45) is 4.32. The fourth-order valence-electron chi connectivity index (χ4n) is 2.62. The molecule has 122 valence electrons. The molecule has 1 aliphatic rings. The van der Waals surface area contributed by atoms with Crippen LogP contribution in [-0.4, -0.2) is 55.8 Å². The summed E-state index contributed by atoms with van der Waals surface area (Å²) in [4.78, 5) is 10.9. The number of nitrogens with one attached hydrogen (secondary N) is 1. The van der Waals surface area contributed by atoms with Crippen LogP contribution in [0.1, 0.15) is 25.3 Å². The Morgan fingerprint density at radius 3 is 2.73 bits per heavy atom. The number of pyridine rings is 1. The minimum Gasteiger partial charge on any atom is -0.481 e. The molecule has 1 aliphatic heterocycles. The van der Waals surface area contributed by atoms with Crippen LogP contribution < -0.4 is 10.1 Å². The first-order chi connectivity index (χ1) is 10.8. The highest BCUT2D eigenvalue weighted by Crippen LogP contribution is 2.14. The van der Waals surface area contributed by atoms with Gasteiger partial charge in [0.05, 0.1) is 13.2 Å². The summed E-state index contributed by atoms with van der Waals surface area (Å²) < 4.78 is 10.8. The predicted octanol–water partition coefficient (Wildman–Crippen LogP) is 1.67. The van der Waals surface area contributed by atoms with E-state index in [1.54, 1.807) is 7.11 Å². The number of hydrogen-bond acceptors (Lipinski definition) is 4. The molecule has 0 bridgehead atoms. The molecule has 1 fully saturated rings. The topological polar surface area (TPSA) is 59.0 Å². The van der Waals surface area contributed by atoms with Crippen LogP contribution in [0.5, 0.6) is 5.88 Å². The number of nitrogens with zero attached hydrogens (tertiary/aromatic N) is 3. The molecule has 6 heteroatoms. The number of rotatable bonds is 5. The number of hydrogen-bond donors (Lipinski definition) is 1. The molecule has 0 spiro atoms. The number of aliphatic imine (C=N–C) groups is 1. The van der Waals surface area contributed by atoms with Crippen molar-refractivity contribution in [2.75, 3.05) is 33.9 Å². The smallest absolute Gasteiger partial charge is 0.212 e. The van der Waals surface area contributed by atoms with E-state index in [4.69, 9.17) is 9.47 Å². The van der Waals surface area contributed by atoms with E-state index in [1.165, 1.54) is 0 Å². The third kappa shape index (κ3) is 4.59. The largest absolute Gasteiger partial charge is 0.481 e. The number of guanidine groups is 1. The van der Waals surface area contributed by atoms with Crippen LogP contribution in [0.4, 0.5) is 0 Å². The zero-order valence-corrected chi connectivity index (χ0v) is 13.7. The zero-order chi connectivity index (χ0) is 15.8. The van der Waals surface area contributed by atoms with Crippen LogP contribution in [0.15, 0.2) is 23.3 Å². The maximum atomic E-state index is 5.69. The summed E-state index contributed by atoms with van der Waals surface area (Å²) in [5.74, 6) is 1.57. The molecule has 0 aromatic carbocycles. The molecule has 0 amide bonds. The van der Waals surface area contributed by atoms with E-state index in [9.17, 15) is 0 Å². The standard InChI is InChI=1S/C16H26N4O2/c1-4-22-14-7-9-20(10-8-14)16(17-2)19-12-13-5-6-15(21-3)18-11-13/h5-6,11,14H,4,7-10,12H2,1-3H3,(H,17,19). The van der Waals surface area contributed by atoms with Crippen molar-refractivity contribution in [1.29, 1.82) is 0 Å². The molecule has 0 aliphatic carbocycles. The molecule has 0 radical (unpaired) electrons. The second-order valence-electron chi connectivity index (χ2n) is 5.25. The van der Waals surface area contributed by atoms with Crippen LogP contribution >= 0.6 is 0 Å². The van der Waals surface area contributed by atoms with Crippen molar-refractivity contribution in [2.24, 2.45) is 4.99 Å². The molecule has 1 aromatic heterocycles. The Morgan fingerprint density at radius 2 is 2.18 bits per heavy atom. The summed E-state index contributed by atoms with van der Waals surface area (Å²) >= 11 is 0. The highest BCUT2D eigenvalue weighted by atomic mass is 16.5. The van der Waals surface area contributed by atoms with Gasteiger partial charge < -0.3 is 19.7 Å². The van der Waals surface area contributed by atoms with Gasteiger partial charge in [-0.3, -0.25) is 4.99 Å². The van der Waals surface area contributed by atoms with Gasteiger partial charge in [-0.05, 0) is 25.3 Å². The van der Waals surface area contributed by atoms with Gasteiger partial charge in [-0.15, -0.1) is 0 Å². The number of aromatic nitrogens is 1. The van der Waals surface area contributed by atoms with E-state index in [1.807, 2.05) is 25.4 Å². The summed E-state index contributed by atoms with van der Waals surface area (Å²) in [5.41, 5.74) is 1.10. The fraction of sp³-hybridized carbons (Fsp3) is 0.625. The maximum absolute atomic E-state index is 5.69. The highest BCUT2D eigenvalue weighted by Gasteiger charge is 2.21. The molecule has 2 rings (SSSR count). The maximum Gasteiger partial charge on any atom is 0.212 e. The van der Waals surface area contributed by atoms with Gasteiger partial charge in [0.15, 0.2) is 5.96 Å². The van der Waals surface area contributed by atoms with E-state index in [0.29, 0.717) is 18.5 Å². The Labute approximate surface area is 132 Å². The van der Waals surface area contributed by atoms with Crippen molar-refractivity contribution < 1.29 is 9.47 Å². The minimum atomic E-state index is 0.394. The molecule has 6 nitrogen and oxygen atoms in total. The van der Waals surface area contributed by atoms with E-state index in [2.05, 4.69) is 27.1 Å². The third-order valence-corrected chi connectivity index (χ3v) is 3.81. The third-order valence-electron chi connectivity index (χ3n) is 3.81. The minimum absolute atomic E-state index is 0.394. The molecule has 0 saturated carbocycles. The van der Waals surface area contributed by atoms with Gasteiger partial charge in [-0.2, -0.15) is 0 Å². The molecular weight excluding hydrogens is 280 g/mol. The summed E-state index contributed by atoms with van der Waals surface area (Å²) in [6.45, 7) is 5.50. The summed E-state index contributed by atoms with van der Waals surface area (Å²) in [5, 5.41) is 3.39. The van der Waals surface area contributed by atoms with Gasteiger partial charge >= 0.3 is 0 Å². The Kier molecular flexibility index (Phi) is 6.45. The average molecular weight is 306 g/mol. The summed E-state index contributed by atoms with van der Waals surface area (Å²) in [6, 6.07) is 3.88. The molecule has 1 aromatic rings. The van der Waals surface area contributed by atoms with E-state index >= 15 is 0 Å². The monoisotopic (exact) mass is 306 g/mol. The molecule has 1 N–H and O–H groups in total. The summed E-state index contributed by atoms with van der Waals surface area (Å²) in [7, 11) is 3.44. The van der Waals surface area contributed by atoms with Gasteiger partial charge in [-0.25, -0.2) is 4.98 Å². The van der Waals surface area contributed by atoms with E-state index < -0.39 is 0 Å². The molecule has 1 saturated heterocycles. The number of piperidine rings is 1. The molecule has 0 atom stereocenters. The van der Waals surface area contributed by atoms with Crippen molar-refractivity contribution >= 4 is 5.96 Å². The first-order valence-electron chi connectivity index (χ1n) is 7.83. The lowest BCUT2D eigenvalue weighted by Crippen LogP contribution is -2.46. The van der Waals surface area contributed by atoms with Crippen molar-refractivity contribution in [3.63, 3.8) is 0 Å². The molecule has 0 unspecified atom stereocenters. The SMILES string of the molecule is CCOC1CCN(C(=NC)NCc2ccc(OC)nc2)CC1. The van der Waals surface area contributed by atoms with Crippen LogP contribution in [0, 0.1) is 0 Å². The number of likely N-dealkylation sites (tertiary alicyclic amines) is 1. The van der Waals surface area contributed by atoms with Gasteiger partial charge in [0.25, 0.3) is 0 Å². The van der Waals surface area contributed by atoms with E-state index in [-0.39, 0.29) is 0 Å². The van der Waals surface area contributed by atoms with Crippen molar-refractivity contribution in [1.82, 2.24) is 15.2 Å².